The zero-order valence-electron chi connectivity index (χ0n) is 11.2. The van der Waals surface area contributed by atoms with Gasteiger partial charge in [-0.25, -0.2) is 0 Å². The van der Waals surface area contributed by atoms with Crippen LogP contribution in [-0.4, -0.2) is 38.7 Å². The minimum Gasteiger partial charge on any atom is -0.411 e. The second-order valence-electron chi connectivity index (χ2n) is 4.89. The highest BCUT2D eigenvalue weighted by Gasteiger charge is 2.24. The van der Waals surface area contributed by atoms with Crippen LogP contribution >= 0.6 is 0 Å². The van der Waals surface area contributed by atoms with Crippen LogP contribution in [0.1, 0.15) is 32.3 Å². The minimum absolute atomic E-state index is 0.393. The fourth-order valence-electron chi connectivity index (χ4n) is 2.54. The van der Waals surface area contributed by atoms with Gasteiger partial charge in [0.15, 0.2) is 0 Å². The molecule has 0 radical (unpaired) electrons. The Morgan fingerprint density at radius 1 is 1.50 bits per heavy atom. The normalized spacial score (nSPS) is 23.7. The van der Waals surface area contributed by atoms with Crippen molar-refractivity contribution in [2.75, 3.05) is 13.1 Å². The van der Waals surface area contributed by atoms with Gasteiger partial charge in [0.25, 0.3) is 0 Å². The summed E-state index contributed by atoms with van der Waals surface area (Å²) in [6.07, 6.45) is 5.96. The van der Waals surface area contributed by atoms with Crippen LogP contribution in [0.4, 0.5) is 0 Å². The summed E-state index contributed by atoms with van der Waals surface area (Å²) in [4.78, 5) is 2.42. The van der Waals surface area contributed by atoms with Gasteiger partial charge in [-0.2, -0.15) is 5.10 Å². The number of hydrogen-bond acceptors (Lipinski definition) is 4. The van der Waals surface area contributed by atoms with Crippen LogP contribution in [0.25, 0.3) is 0 Å². The molecule has 1 aromatic rings. The molecular formula is C13H22N4O. The number of nitrogens with zero attached hydrogens (tertiary/aromatic N) is 4. The molecule has 0 aromatic carbocycles. The summed E-state index contributed by atoms with van der Waals surface area (Å²) in [6.45, 7) is 8.04. The lowest BCUT2D eigenvalue weighted by Crippen LogP contribution is -2.40. The van der Waals surface area contributed by atoms with E-state index in [4.69, 9.17) is 5.21 Å². The van der Waals surface area contributed by atoms with Gasteiger partial charge in [-0.1, -0.05) is 12.1 Å². The van der Waals surface area contributed by atoms with E-state index in [0.29, 0.717) is 5.92 Å². The Labute approximate surface area is 108 Å². The second kappa shape index (κ2) is 6.00. The molecule has 1 unspecified atom stereocenters. The molecule has 1 aliphatic rings. The molecule has 0 amide bonds. The number of hydrogen-bond donors (Lipinski definition) is 1. The van der Waals surface area contributed by atoms with Gasteiger partial charge < -0.3 is 5.21 Å². The molecule has 5 nitrogen and oxygen atoms in total. The average Bonchev–Trinajstić information content (AvgIpc) is 2.86. The van der Waals surface area contributed by atoms with Crippen LogP contribution in [0.3, 0.4) is 0 Å². The lowest BCUT2D eigenvalue weighted by molar-refractivity contribution is 0.220. The zero-order chi connectivity index (χ0) is 13.0. The van der Waals surface area contributed by atoms with E-state index in [0.717, 1.165) is 44.7 Å². The Balaban J connectivity index is 1.95. The average molecular weight is 250 g/mol. The molecular weight excluding hydrogens is 228 g/mol. The first-order valence-corrected chi connectivity index (χ1v) is 6.71. The fourth-order valence-corrected chi connectivity index (χ4v) is 2.54. The number of aryl methyl sites for hydroxylation is 1. The summed E-state index contributed by atoms with van der Waals surface area (Å²) in [5.74, 6) is 0.393. The van der Waals surface area contributed by atoms with Gasteiger partial charge in [-0.15, -0.1) is 0 Å². The van der Waals surface area contributed by atoms with Crippen molar-refractivity contribution in [3.8, 4) is 0 Å². The summed E-state index contributed by atoms with van der Waals surface area (Å²) in [6, 6.07) is 0. The fraction of sp³-hybridized carbons (Fsp3) is 0.692. The van der Waals surface area contributed by atoms with Gasteiger partial charge in [-0.05, 0) is 13.3 Å². The maximum Gasteiger partial charge on any atom is 0.0627 e. The van der Waals surface area contributed by atoms with Crippen LogP contribution in [0.15, 0.2) is 17.5 Å². The van der Waals surface area contributed by atoms with E-state index in [2.05, 4.69) is 35.2 Å². The molecule has 5 heteroatoms. The summed E-state index contributed by atoms with van der Waals surface area (Å²) in [5, 5.41) is 16.7. The highest BCUT2D eigenvalue weighted by Crippen LogP contribution is 2.19. The quantitative estimate of drug-likeness (QED) is 0.656. The molecule has 1 saturated heterocycles. The summed E-state index contributed by atoms with van der Waals surface area (Å²) in [7, 11) is 0. The van der Waals surface area contributed by atoms with Crippen molar-refractivity contribution in [3.63, 3.8) is 0 Å². The number of piperidine rings is 1. The zero-order valence-corrected chi connectivity index (χ0v) is 11.2. The van der Waals surface area contributed by atoms with Crippen molar-refractivity contribution in [2.45, 2.75) is 39.8 Å². The molecule has 1 atom stereocenters. The minimum atomic E-state index is 0.393. The van der Waals surface area contributed by atoms with Crippen LogP contribution < -0.4 is 0 Å². The first kappa shape index (κ1) is 13.1. The van der Waals surface area contributed by atoms with Gasteiger partial charge in [0.1, 0.15) is 0 Å². The maximum absolute atomic E-state index is 8.96. The van der Waals surface area contributed by atoms with Crippen LogP contribution in [0.5, 0.6) is 0 Å². The van der Waals surface area contributed by atoms with E-state index >= 15 is 0 Å². The molecule has 1 aliphatic heterocycles. The SMILES string of the molecule is CCC1CN(Cc2cnn(CC)c2)CCC1=NO. The number of aromatic nitrogens is 2. The Morgan fingerprint density at radius 2 is 2.33 bits per heavy atom. The van der Waals surface area contributed by atoms with Crippen LogP contribution in [0, 0.1) is 5.92 Å². The van der Waals surface area contributed by atoms with Crippen LogP contribution in [-0.2, 0) is 13.1 Å². The Hall–Kier alpha value is -1.36. The molecule has 18 heavy (non-hydrogen) atoms. The molecule has 1 aromatic heterocycles. The van der Waals surface area contributed by atoms with E-state index in [1.54, 1.807) is 0 Å². The topological polar surface area (TPSA) is 53.7 Å². The highest BCUT2D eigenvalue weighted by atomic mass is 16.4. The molecule has 0 saturated carbocycles. The molecule has 0 aliphatic carbocycles. The van der Waals surface area contributed by atoms with E-state index in [-0.39, 0.29) is 0 Å². The van der Waals surface area contributed by atoms with Gasteiger partial charge in [-0.3, -0.25) is 9.58 Å². The summed E-state index contributed by atoms with van der Waals surface area (Å²) in [5.41, 5.74) is 2.22. The van der Waals surface area contributed by atoms with Crippen molar-refractivity contribution < 1.29 is 5.21 Å². The molecule has 2 heterocycles. The maximum atomic E-state index is 8.96. The summed E-state index contributed by atoms with van der Waals surface area (Å²) >= 11 is 0. The third-order valence-corrected chi connectivity index (χ3v) is 3.67. The standard InChI is InChI=1S/C13H22N4O/c1-3-12-10-16(6-5-13(12)15-18)8-11-7-14-17(4-2)9-11/h7,9,12,18H,3-6,8,10H2,1-2H3. The lowest BCUT2D eigenvalue weighted by Gasteiger charge is -2.32. The van der Waals surface area contributed by atoms with E-state index in [1.165, 1.54) is 5.56 Å². The Bertz CT molecular complexity index is 413. The van der Waals surface area contributed by atoms with Gasteiger partial charge in [0.05, 0.1) is 11.9 Å². The number of likely N-dealkylation sites (tertiary alicyclic amines) is 1. The highest BCUT2D eigenvalue weighted by molar-refractivity contribution is 5.87. The van der Waals surface area contributed by atoms with Crippen molar-refractivity contribution in [3.05, 3.63) is 18.0 Å². The third kappa shape index (κ3) is 2.90. The number of oxime groups is 1. The molecule has 100 valence electrons. The third-order valence-electron chi connectivity index (χ3n) is 3.67. The molecule has 1 N–H and O–H groups in total. The van der Waals surface area contributed by atoms with Crippen molar-refractivity contribution in [1.82, 2.24) is 14.7 Å². The molecule has 0 bridgehead atoms. The lowest BCUT2D eigenvalue weighted by atomic mass is 9.93. The van der Waals surface area contributed by atoms with E-state index in [9.17, 15) is 0 Å². The molecule has 2 rings (SSSR count). The summed E-state index contributed by atoms with van der Waals surface area (Å²) < 4.78 is 1.96. The van der Waals surface area contributed by atoms with Crippen molar-refractivity contribution >= 4 is 5.71 Å². The first-order chi connectivity index (χ1) is 8.76. The van der Waals surface area contributed by atoms with E-state index in [1.807, 2.05) is 10.9 Å². The smallest absolute Gasteiger partial charge is 0.0627 e. The first-order valence-electron chi connectivity index (χ1n) is 6.71. The van der Waals surface area contributed by atoms with E-state index < -0.39 is 0 Å². The Morgan fingerprint density at radius 3 is 2.94 bits per heavy atom. The largest absolute Gasteiger partial charge is 0.411 e. The van der Waals surface area contributed by atoms with Crippen LogP contribution in [0.2, 0.25) is 0 Å². The van der Waals surface area contributed by atoms with Gasteiger partial charge in [0, 0.05) is 50.3 Å². The molecule has 0 spiro atoms. The monoisotopic (exact) mass is 250 g/mol. The predicted molar refractivity (Wildman–Crippen MR) is 70.8 cm³/mol. The van der Waals surface area contributed by atoms with Crippen molar-refractivity contribution in [1.29, 1.82) is 0 Å². The predicted octanol–water partition coefficient (Wildman–Crippen LogP) is 1.97. The number of rotatable bonds is 4. The van der Waals surface area contributed by atoms with Gasteiger partial charge >= 0.3 is 0 Å². The molecule has 1 fully saturated rings. The van der Waals surface area contributed by atoms with Crippen molar-refractivity contribution in [2.24, 2.45) is 11.1 Å². The second-order valence-corrected chi connectivity index (χ2v) is 4.89. The van der Waals surface area contributed by atoms with Gasteiger partial charge in [0.2, 0.25) is 0 Å². The Kier molecular flexibility index (Phi) is 4.36.